The molecule has 1 aliphatic rings. The molecule has 2 heterocycles. The number of aliphatic carboxylic acids is 1. The molecule has 0 spiro atoms. The normalized spacial score (nSPS) is 16.5. The van der Waals surface area contributed by atoms with E-state index >= 15 is 4.39 Å². The monoisotopic (exact) mass is 612 g/mol. The van der Waals surface area contributed by atoms with Gasteiger partial charge in [0.1, 0.15) is 11.9 Å². The minimum absolute atomic E-state index is 0.0179. The summed E-state index contributed by atoms with van der Waals surface area (Å²) in [7, 11) is 1.53. The van der Waals surface area contributed by atoms with Crippen LogP contribution in [0.4, 0.5) is 17.6 Å². The maximum Gasteiger partial charge on any atom is 0.416 e. The Labute approximate surface area is 246 Å². The van der Waals surface area contributed by atoms with E-state index in [4.69, 9.17) is 16.3 Å². The van der Waals surface area contributed by atoms with Crippen molar-refractivity contribution in [3.8, 4) is 5.75 Å². The van der Waals surface area contributed by atoms with Crippen LogP contribution in [-0.2, 0) is 11.0 Å². The number of hydrogen-bond donors (Lipinski definition) is 1. The quantitative estimate of drug-likeness (QED) is 0.126. The Hall–Kier alpha value is -2.56. The van der Waals surface area contributed by atoms with E-state index < -0.39 is 29.3 Å². The van der Waals surface area contributed by atoms with Gasteiger partial charge in [-0.2, -0.15) is 13.2 Å². The number of carbonyl (C=O) groups is 1. The summed E-state index contributed by atoms with van der Waals surface area (Å²) in [6.07, 6.45) is -1.59. The number of carboxylic acid groups (broad SMARTS) is 1. The Morgan fingerprint density at radius 1 is 1.20 bits per heavy atom. The maximum atomic E-state index is 15.8. The third-order valence-corrected chi connectivity index (χ3v) is 9.22. The molecule has 1 N–H and O–H groups in total. The van der Waals surface area contributed by atoms with Crippen molar-refractivity contribution in [2.24, 2.45) is 5.41 Å². The van der Waals surface area contributed by atoms with Crippen molar-refractivity contribution in [1.82, 2.24) is 9.88 Å². The van der Waals surface area contributed by atoms with E-state index in [9.17, 15) is 23.1 Å². The highest BCUT2D eigenvalue weighted by Gasteiger charge is 2.37. The van der Waals surface area contributed by atoms with Crippen LogP contribution < -0.4 is 4.74 Å². The van der Waals surface area contributed by atoms with Gasteiger partial charge in [0.2, 0.25) is 0 Å². The number of pyridine rings is 1. The Morgan fingerprint density at radius 3 is 2.54 bits per heavy atom. The Morgan fingerprint density at radius 2 is 1.90 bits per heavy atom. The van der Waals surface area contributed by atoms with E-state index in [0.717, 1.165) is 35.7 Å². The number of aromatic nitrogens is 1. The number of thioether (sulfide) groups is 1. The first-order chi connectivity index (χ1) is 19.5. The molecule has 3 aromatic rings. The van der Waals surface area contributed by atoms with Crippen molar-refractivity contribution in [3.05, 3.63) is 64.8 Å². The molecule has 0 radical (unpaired) electrons. The first-order valence-corrected chi connectivity index (χ1v) is 14.9. The highest BCUT2D eigenvalue weighted by molar-refractivity contribution is 7.99. The molecule has 1 fully saturated rings. The predicted octanol–water partition coefficient (Wildman–Crippen LogP) is 8.45. The van der Waals surface area contributed by atoms with E-state index in [2.05, 4.69) is 9.88 Å². The predicted molar refractivity (Wildman–Crippen MR) is 154 cm³/mol. The van der Waals surface area contributed by atoms with Gasteiger partial charge in [-0.15, -0.1) is 11.8 Å². The van der Waals surface area contributed by atoms with Crippen LogP contribution in [0.2, 0.25) is 5.02 Å². The van der Waals surface area contributed by atoms with Gasteiger partial charge in [-0.1, -0.05) is 11.6 Å². The summed E-state index contributed by atoms with van der Waals surface area (Å²) < 4.78 is 59.3. The number of fused-ring (bicyclic) bond motifs is 1. The van der Waals surface area contributed by atoms with Gasteiger partial charge in [0, 0.05) is 22.0 Å². The molecule has 4 rings (SSSR count). The number of benzene rings is 2. The zero-order chi connectivity index (χ0) is 29.6. The summed E-state index contributed by atoms with van der Waals surface area (Å²) in [5.41, 5.74) is -0.201. The summed E-state index contributed by atoms with van der Waals surface area (Å²) >= 11 is 7.90. The minimum Gasteiger partial charge on any atom is -0.497 e. The lowest BCUT2D eigenvalue weighted by atomic mass is 9.71. The molecular formula is C30H33ClF4N2O3S. The summed E-state index contributed by atoms with van der Waals surface area (Å²) in [6, 6.07) is 10.4. The van der Waals surface area contributed by atoms with Crippen molar-refractivity contribution in [3.63, 3.8) is 0 Å². The summed E-state index contributed by atoms with van der Waals surface area (Å²) in [4.78, 5) is 19.1. The average Bonchev–Trinajstić information content (AvgIpc) is 2.94. The molecule has 0 saturated carbocycles. The standard InChI is InChI=1S/C30H33ClF4N2O3S/c1-40-21-5-8-26-23(17-21)28(24(31)19-36-26)25(32)9-10-29(18-27(38)39)11-14-37(15-12-29)13-2-16-41-22-6-3-20(4-7-22)30(33,34)35/h3-8,17,19,25H,2,9-16,18H2,1H3,(H,38,39)/t25-/m1/s1. The number of likely N-dealkylation sites (tertiary alicyclic amines) is 1. The molecular weight excluding hydrogens is 580 g/mol. The first-order valence-electron chi connectivity index (χ1n) is 13.5. The number of piperidine rings is 1. The zero-order valence-corrected chi connectivity index (χ0v) is 24.3. The van der Waals surface area contributed by atoms with Gasteiger partial charge < -0.3 is 14.7 Å². The second-order valence-electron chi connectivity index (χ2n) is 10.5. The largest absolute Gasteiger partial charge is 0.497 e. The summed E-state index contributed by atoms with van der Waals surface area (Å²) in [5, 5.41) is 10.5. The number of carboxylic acids is 1. The van der Waals surface area contributed by atoms with Crippen molar-refractivity contribution in [1.29, 1.82) is 0 Å². The van der Waals surface area contributed by atoms with Gasteiger partial charge in [-0.3, -0.25) is 9.78 Å². The van der Waals surface area contributed by atoms with E-state index in [0.29, 0.717) is 54.6 Å². The van der Waals surface area contributed by atoms with Crippen molar-refractivity contribution < 1.29 is 32.2 Å². The number of halogens is 5. The molecule has 0 aliphatic carbocycles. The van der Waals surface area contributed by atoms with Crippen LogP contribution in [0.25, 0.3) is 10.9 Å². The molecule has 2 aromatic carbocycles. The van der Waals surface area contributed by atoms with Crippen LogP contribution in [0.1, 0.15) is 55.8 Å². The lowest BCUT2D eigenvalue weighted by molar-refractivity contribution is -0.141. The third kappa shape index (κ3) is 8.26. The van der Waals surface area contributed by atoms with E-state index in [1.54, 1.807) is 18.2 Å². The topological polar surface area (TPSA) is 62.7 Å². The van der Waals surface area contributed by atoms with Crippen LogP contribution in [0.15, 0.2) is 53.6 Å². The molecule has 0 bridgehead atoms. The highest BCUT2D eigenvalue weighted by atomic mass is 35.5. The van der Waals surface area contributed by atoms with Crippen molar-refractivity contribution >= 4 is 40.2 Å². The molecule has 0 unspecified atom stereocenters. The Kier molecular flexibility index (Phi) is 10.4. The number of rotatable bonds is 12. The fraction of sp³-hybridized carbons (Fsp3) is 0.467. The van der Waals surface area contributed by atoms with Crippen LogP contribution in [0, 0.1) is 5.41 Å². The van der Waals surface area contributed by atoms with Gasteiger partial charge in [0.25, 0.3) is 0 Å². The zero-order valence-electron chi connectivity index (χ0n) is 22.7. The third-order valence-electron chi connectivity index (χ3n) is 7.82. The molecule has 11 heteroatoms. The molecule has 0 amide bonds. The smallest absolute Gasteiger partial charge is 0.416 e. The molecule has 222 valence electrons. The van der Waals surface area contributed by atoms with Crippen LogP contribution in [0.3, 0.4) is 0 Å². The Bertz CT molecular complexity index is 1330. The second kappa shape index (κ2) is 13.6. The van der Waals surface area contributed by atoms with E-state index in [1.165, 1.54) is 37.2 Å². The molecule has 1 aliphatic heterocycles. The highest BCUT2D eigenvalue weighted by Crippen LogP contribution is 2.44. The molecule has 1 aromatic heterocycles. The maximum absolute atomic E-state index is 15.8. The van der Waals surface area contributed by atoms with Gasteiger partial charge in [0.15, 0.2) is 0 Å². The average molecular weight is 613 g/mol. The number of hydrogen-bond acceptors (Lipinski definition) is 5. The van der Waals surface area contributed by atoms with Gasteiger partial charge in [-0.05, 0) is 105 Å². The molecule has 1 saturated heterocycles. The number of methoxy groups -OCH3 is 1. The number of nitrogens with zero attached hydrogens (tertiary/aromatic N) is 2. The van der Waals surface area contributed by atoms with Crippen LogP contribution in [0.5, 0.6) is 5.75 Å². The minimum atomic E-state index is -4.34. The lowest BCUT2D eigenvalue weighted by Gasteiger charge is -2.41. The van der Waals surface area contributed by atoms with E-state index in [1.807, 2.05) is 0 Å². The van der Waals surface area contributed by atoms with Gasteiger partial charge in [0.05, 0.1) is 29.6 Å². The molecule has 5 nitrogen and oxygen atoms in total. The number of alkyl halides is 4. The van der Waals surface area contributed by atoms with Gasteiger partial charge >= 0.3 is 12.1 Å². The SMILES string of the molecule is COc1ccc2ncc(Cl)c([C@H](F)CCC3(CC(=O)O)CCN(CCCSc4ccc(C(F)(F)F)cc4)CC3)c2c1. The summed E-state index contributed by atoms with van der Waals surface area (Å²) in [5.74, 6) is 0.443. The van der Waals surface area contributed by atoms with Gasteiger partial charge in [-0.25, -0.2) is 4.39 Å². The molecule has 1 atom stereocenters. The first kappa shape index (κ1) is 31.4. The van der Waals surface area contributed by atoms with Crippen LogP contribution >= 0.6 is 23.4 Å². The van der Waals surface area contributed by atoms with E-state index in [-0.39, 0.29) is 17.9 Å². The van der Waals surface area contributed by atoms with Crippen molar-refractivity contribution in [2.75, 3.05) is 32.5 Å². The molecule has 41 heavy (non-hydrogen) atoms. The Balaban J connectivity index is 1.31. The lowest BCUT2D eigenvalue weighted by Crippen LogP contribution is -2.41. The second-order valence-corrected chi connectivity index (χ2v) is 12.1. The van der Waals surface area contributed by atoms with Crippen molar-refractivity contribution in [2.45, 2.75) is 55.8 Å². The van der Waals surface area contributed by atoms with Crippen LogP contribution in [-0.4, -0.2) is 53.5 Å². The summed E-state index contributed by atoms with van der Waals surface area (Å²) in [6.45, 7) is 2.24. The number of ether oxygens (including phenoxy) is 1. The fourth-order valence-electron chi connectivity index (χ4n) is 5.50. The fourth-order valence-corrected chi connectivity index (χ4v) is 6.60.